The van der Waals surface area contributed by atoms with Crippen LogP contribution in [0, 0.1) is 17.2 Å². The summed E-state index contributed by atoms with van der Waals surface area (Å²) in [6.45, 7) is 2.23. The van der Waals surface area contributed by atoms with Gasteiger partial charge in [-0.25, -0.2) is 4.98 Å². The maximum atomic E-state index is 8.67. The Labute approximate surface area is 90.4 Å². The third-order valence-electron chi connectivity index (χ3n) is 3.15. The summed E-state index contributed by atoms with van der Waals surface area (Å²) in [5, 5.41) is 8.67. The highest BCUT2D eigenvalue weighted by Crippen LogP contribution is 2.35. The zero-order valence-electron chi connectivity index (χ0n) is 9.14. The molecule has 0 aromatic carbocycles. The molecule has 3 heteroatoms. The van der Waals surface area contributed by atoms with Gasteiger partial charge in [-0.05, 0) is 37.8 Å². The molecule has 2 rings (SSSR count). The lowest BCUT2D eigenvalue weighted by Crippen LogP contribution is -2.31. The van der Waals surface area contributed by atoms with Crippen molar-refractivity contribution in [1.29, 1.82) is 5.26 Å². The molecule has 1 aliphatic carbocycles. The molecular weight excluding hydrogens is 186 g/mol. The highest BCUT2D eigenvalue weighted by Gasteiger charge is 2.30. The molecule has 1 saturated carbocycles. The summed E-state index contributed by atoms with van der Waals surface area (Å²) in [5.41, 5.74) is 0.617. The quantitative estimate of drug-likeness (QED) is 0.752. The van der Waals surface area contributed by atoms with Crippen LogP contribution in [0.25, 0.3) is 0 Å². The molecule has 1 unspecified atom stereocenters. The van der Waals surface area contributed by atoms with Gasteiger partial charge >= 0.3 is 0 Å². The van der Waals surface area contributed by atoms with E-state index in [2.05, 4.69) is 29.9 Å². The summed E-state index contributed by atoms with van der Waals surface area (Å²) in [6.07, 6.45) is 4.30. The van der Waals surface area contributed by atoms with Crippen LogP contribution in [0.5, 0.6) is 0 Å². The van der Waals surface area contributed by atoms with E-state index < -0.39 is 0 Å². The summed E-state index contributed by atoms with van der Waals surface area (Å²) in [7, 11) is 2.07. The Kier molecular flexibility index (Phi) is 2.59. The van der Waals surface area contributed by atoms with Crippen molar-refractivity contribution in [1.82, 2.24) is 4.98 Å². The molecule has 0 spiro atoms. The van der Waals surface area contributed by atoms with Crippen LogP contribution in [0.3, 0.4) is 0 Å². The van der Waals surface area contributed by atoms with E-state index in [4.69, 9.17) is 5.26 Å². The van der Waals surface area contributed by atoms with E-state index in [9.17, 15) is 0 Å². The Morgan fingerprint density at radius 2 is 2.27 bits per heavy atom. The van der Waals surface area contributed by atoms with Crippen molar-refractivity contribution < 1.29 is 0 Å². The molecule has 78 valence electrons. The number of hydrogen-bond acceptors (Lipinski definition) is 3. The topological polar surface area (TPSA) is 39.9 Å². The van der Waals surface area contributed by atoms with Crippen molar-refractivity contribution >= 4 is 5.82 Å². The van der Waals surface area contributed by atoms with Crippen molar-refractivity contribution in [2.75, 3.05) is 11.9 Å². The first kappa shape index (κ1) is 9.97. The van der Waals surface area contributed by atoms with Crippen molar-refractivity contribution in [3.05, 3.63) is 23.9 Å². The molecule has 1 aromatic heterocycles. The summed E-state index contributed by atoms with van der Waals surface area (Å²) in [4.78, 5) is 6.48. The zero-order valence-corrected chi connectivity index (χ0v) is 9.14. The van der Waals surface area contributed by atoms with Crippen molar-refractivity contribution in [3.8, 4) is 6.07 Å². The molecule has 0 saturated heterocycles. The van der Waals surface area contributed by atoms with Gasteiger partial charge in [0.15, 0.2) is 0 Å². The molecule has 0 N–H and O–H groups in total. The fourth-order valence-electron chi connectivity index (χ4n) is 1.76. The predicted octanol–water partition coefficient (Wildman–Crippen LogP) is 2.19. The normalized spacial score (nSPS) is 16.9. The smallest absolute Gasteiger partial charge is 0.128 e. The predicted molar refractivity (Wildman–Crippen MR) is 59.5 cm³/mol. The summed E-state index contributed by atoms with van der Waals surface area (Å²) in [5.74, 6) is 1.78. The van der Waals surface area contributed by atoms with E-state index in [1.165, 1.54) is 12.8 Å². The summed E-state index contributed by atoms with van der Waals surface area (Å²) in [6, 6.07) is 6.36. The van der Waals surface area contributed by atoms with Crippen LogP contribution in [0.2, 0.25) is 0 Å². The molecule has 1 fully saturated rings. The summed E-state index contributed by atoms with van der Waals surface area (Å²) < 4.78 is 0. The van der Waals surface area contributed by atoms with E-state index in [1.54, 1.807) is 6.20 Å². The third kappa shape index (κ3) is 2.10. The first-order valence-electron chi connectivity index (χ1n) is 5.31. The molecule has 1 aliphatic rings. The summed E-state index contributed by atoms with van der Waals surface area (Å²) >= 11 is 0. The maximum absolute atomic E-state index is 8.67. The Hall–Kier alpha value is -1.56. The molecule has 1 atom stereocenters. The van der Waals surface area contributed by atoms with Crippen LogP contribution < -0.4 is 4.90 Å². The molecule has 1 aromatic rings. The minimum atomic E-state index is 0.547. The average molecular weight is 201 g/mol. The number of hydrogen-bond donors (Lipinski definition) is 0. The minimum Gasteiger partial charge on any atom is -0.357 e. The van der Waals surface area contributed by atoms with Gasteiger partial charge < -0.3 is 4.90 Å². The van der Waals surface area contributed by atoms with Crippen molar-refractivity contribution in [2.24, 2.45) is 5.92 Å². The van der Waals surface area contributed by atoms with Gasteiger partial charge in [0.2, 0.25) is 0 Å². The standard InChI is InChI=1S/C12H15N3/c1-9(11-4-5-11)15(2)12-6-3-10(7-13)8-14-12/h3,6,8-9,11H,4-5H2,1-2H3. The monoisotopic (exact) mass is 201 g/mol. The van der Waals surface area contributed by atoms with Crippen LogP contribution in [-0.4, -0.2) is 18.1 Å². The highest BCUT2D eigenvalue weighted by molar-refractivity contribution is 5.42. The molecule has 3 nitrogen and oxygen atoms in total. The Morgan fingerprint density at radius 1 is 1.53 bits per heavy atom. The fourth-order valence-corrected chi connectivity index (χ4v) is 1.76. The molecular formula is C12H15N3. The number of nitrogens with zero attached hydrogens (tertiary/aromatic N) is 3. The maximum Gasteiger partial charge on any atom is 0.128 e. The van der Waals surface area contributed by atoms with Crippen LogP contribution in [0.1, 0.15) is 25.3 Å². The lowest BCUT2D eigenvalue weighted by atomic mass is 10.2. The van der Waals surface area contributed by atoms with Crippen LogP contribution in [-0.2, 0) is 0 Å². The van der Waals surface area contributed by atoms with E-state index in [-0.39, 0.29) is 0 Å². The number of nitriles is 1. The SMILES string of the molecule is CC(C1CC1)N(C)c1ccc(C#N)cn1. The van der Waals surface area contributed by atoms with E-state index in [0.29, 0.717) is 11.6 Å². The Morgan fingerprint density at radius 3 is 2.73 bits per heavy atom. The number of pyridine rings is 1. The molecule has 15 heavy (non-hydrogen) atoms. The van der Waals surface area contributed by atoms with Gasteiger partial charge in [-0.15, -0.1) is 0 Å². The van der Waals surface area contributed by atoms with Gasteiger partial charge in [-0.3, -0.25) is 0 Å². The highest BCUT2D eigenvalue weighted by atomic mass is 15.2. The second kappa shape index (κ2) is 3.90. The van der Waals surface area contributed by atoms with Crippen molar-refractivity contribution in [3.63, 3.8) is 0 Å². The molecule has 0 radical (unpaired) electrons. The van der Waals surface area contributed by atoms with E-state index in [1.807, 2.05) is 12.1 Å². The van der Waals surface area contributed by atoms with Gasteiger partial charge in [0.05, 0.1) is 5.56 Å². The van der Waals surface area contributed by atoms with E-state index >= 15 is 0 Å². The van der Waals surface area contributed by atoms with E-state index in [0.717, 1.165) is 11.7 Å². The van der Waals surface area contributed by atoms with Gasteiger partial charge in [0, 0.05) is 19.3 Å². The van der Waals surface area contributed by atoms with Crippen LogP contribution in [0.15, 0.2) is 18.3 Å². The Balaban J connectivity index is 2.11. The first-order valence-corrected chi connectivity index (χ1v) is 5.31. The lowest BCUT2D eigenvalue weighted by molar-refractivity contribution is 0.604. The lowest BCUT2D eigenvalue weighted by Gasteiger charge is -2.25. The van der Waals surface area contributed by atoms with Gasteiger partial charge in [-0.1, -0.05) is 0 Å². The minimum absolute atomic E-state index is 0.547. The molecule has 0 aliphatic heterocycles. The molecule has 0 amide bonds. The van der Waals surface area contributed by atoms with Gasteiger partial charge in [0.1, 0.15) is 11.9 Å². The van der Waals surface area contributed by atoms with Gasteiger partial charge in [-0.2, -0.15) is 5.26 Å². The second-order valence-electron chi connectivity index (χ2n) is 4.21. The third-order valence-corrected chi connectivity index (χ3v) is 3.15. The number of aromatic nitrogens is 1. The average Bonchev–Trinajstić information content (AvgIpc) is 3.11. The van der Waals surface area contributed by atoms with Crippen molar-refractivity contribution in [2.45, 2.75) is 25.8 Å². The molecule has 0 bridgehead atoms. The second-order valence-corrected chi connectivity index (χ2v) is 4.21. The molecule has 1 heterocycles. The zero-order chi connectivity index (χ0) is 10.8. The largest absolute Gasteiger partial charge is 0.357 e. The Bertz CT molecular complexity index is 373. The number of anilines is 1. The van der Waals surface area contributed by atoms with Crippen LogP contribution in [0.4, 0.5) is 5.82 Å². The fraction of sp³-hybridized carbons (Fsp3) is 0.500. The van der Waals surface area contributed by atoms with Gasteiger partial charge in [0.25, 0.3) is 0 Å². The first-order chi connectivity index (χ1) is 7.22. The van der Waals surface area contributed by atoms with Crippen LogP contribution >= 0.6 is 0 Å². The number of rotatable bonds is 3.